The van der Waals surface area contributed by atoms with Crippen LogP contribution < -0.4 is 0 Å². The summed E-state index contributed by atoms with van der Waals surface area (Å²) in [7, 11) is 0. The molecule has 0 N–H and O–H groups in total. The van der Waals surface area contributed by atoms with Crippen molar-refractivity contribution in [3.63, 3.8) is 0 Å². The number of rotatable bonds is 5. The summed E-state index contributed by atoms with van der Waals surface area (Å²) in [4.78, 5) is 0. The summed E-state index contributed by atoms with van der Waals surface area (Å²) in [6.45, 7) is 0. The molecule has 0 fully saturated rings. The van der Waals surface area contributed by atoms with Gasteiger partial charge >= 0.3 is 0 Å². The molecule has 276 valence electrons. The predicted molar refractivity (Wildman–Crippen MR) is 259 cm³/mol. The SMILES string of the molecule is c1ccc2c(-c3cc(-c4ccc(-c5ccc6ccc7cccc8ccc5c6c78)cc4)ccc3-c3ccc(-c4ccc5ccc6cccc7ccc4c5c67)cc3)cccc2c1. The normalized spacial score (nSPS) is 12.0. The molecule has 0 aromatic heterocycles. The third-order valence-electron chi connectivity index (χ3n) is 13.2. The van der Waals surface area contributed by atoms with Gasteiger partial charge in [-0.05, 0) is 137 Å². The second-order valence-electron chi connectivity index (χ2n) is 16.4. The lowest BCUT2D eigenvalue weighted by Crippen LogP contribution is -1.90. The molecule has 0 aliphatic carbocycles. The van der Waals surface area contributed by atoms with Gasteiger partial charge in [0.1, 0.15) is 0 Å². The Hall–Kier alpha value is -7.80. The van der Waals surface area contributed by atoms with Crippen LogP contribution in [0.5, 0.6) is 0 Å². The molecule has 0 radical (unpaired) electrons. The van der Waals surface area contributed by atoms with Gasteiger partial charge in [-0.15, -0.1) is 0 Å². The second-order valence-corrected chi connectivity index (χ2v) is 16.4. The fourth-order valence-corrected chi connectivity index (χ4v) is 10.3. The Kier molecular flexibility index (Phi) is 7.11. The lowest BCUT2D eigenvalue weighted by Gasteiger charge is -2.17. The van der Waals surface area contributed by atoms with Gasteiger partial charge < -0.3 is 0 Å². The van der Waals surface area contributed by atoms with Gasteiger partial charge in [-0.3, -0.25) is 0 Å². The lowest BCUT2D eigenvalue weighted by atomic mass is 9.87. The van der Waals surface area contributed by atoms with Crippen LogP contribution in [0, 0.1) is 0 Å². The van der Waals surface area contributed by atoms with Crippen molar-refractivity contribution >= 4 is 75.4 Å². The Balaban J connectivity index is 0.916. The Morgan fingerprint density at radius 2 is 0.550 bits per heavy atom. The maximum atomic E-state index is 2.40. The molecule has 13 aromatic carbocycles. The molecule has 0 amide bonds. The summed E-state index contributed by atoms with van der Waals surface area (Å²) in [5.74, 6) is 0. The van der Waals surface area contributed by atoms with E-state index in [4.69, 9.17) is 0 Å². The van der Waals surface area contributed by atoms with Crippen molar-refractivity contribution in [2.45, 2.75) is 0 Å². The van der Waals surface area contributed by atoms with Crippen LogP contribution in [-0.4, -0.2) is 0 Å². The number of fused-ring (bicyclic) bond motifs is 1. The highest BCUT2D eigenvalue weighted by Gasteiger charge is 2.17. The summed E-state index contributed by atoms with van der Waals surface area (Å²) in [5.41, 5.74) is 12.3. The van der Waals surface area contributed by atoms with Gasteiger partial charge in [0.25, 0.3) is 0 Å². The van der Waals surface area contributed by atoms with E-state index >= 15 is 0 Å². The van der Waals surface area contributed by atoms with Crippen molar-refractivity contribution in [3.05, 3.63) is 218 Å². The highest BCUT2D eigenvalue weighted by Crippen LogP contribution is 2.44. The summed E-state index contributed by atoms with van der Waals surface area (Å²) >= 11 is 0. The molecule has 0 aliphatic rings. The van der Waals surface area contributed by atoms with Crippen molar-refractivity contribution in [1.82, 2.24) is 0 Å². The average Bonchev–Trinajstić information content (AvgIpc) is 3.32. The quantitative estimate of drug-likeness (QED) is 0.153. The van der Waals surface area contributed by atoms with E-state index in [1.807, 2.05) is 0 Å². The fourth-order valence-electron chi connectivity index (χ4n) is 10.3. The Morgan fingerprint density at radius 3 is 1.12 bits per heavy atom. The minimum absolute atomic E-state index is 1.20. The van der Waals surface area contributed by atoms with Crippen LogP contribution in [0.25, 0.3) is 131 Å². The van der Waals surface area contributed by atoms with E-state index < -0.39 is 0 Å². The molecule has 0 nitrogen and oxygen atoms in total. The van der Waals surface area contributed by atoms with Gasteiger partial charge in [0.15, 0.2) is 0 Å². The van der Waals surface area contributed by atoms with Crippen LogP contribution in [0.4, 0.5) is 0 Å². The first-order valence-electron chi connectivity index (χ1n) is 20.9. The first-order chi connectivity index (χ1) is 29.7. The molecule has 0 bridgehead atoms. The molecule has 13 rings (SSSR count). The lowest BCUT2D eigenvalue weighted by molar-refractivity contribution is 1.57. The zero-order valence-corrected chi connectivity index (χ0v) is 32.8. The van der Waals surface area contributed by atoms with Gasteiger partial charge in [-0.2, -0.15) is 0 Å². The molecule has 0 saturated carbocycles. The summed E-state index contributed by atoms with van der Waals surface area (Å²) < 4.78 is 0. The van der Waals surface area contributed by atoms with Crippen LogP contribution in [0.3, 0.4) is 0 Å². The van der Waals surface area contributed by atoms with Crippen molar-refractivity contribution in [1.29, 1.82) is 0 Å². The van der Waals surface area contributed by atoms with Gasteiger partial charge in [0.2, 0.25) is 0 Å². The van der Waals surface area contributed by atoms with Gasteiger partial charge in [-0.25, -0.2) is 0 Å². The third kappa shape index (κ3) is 4.98. The largest absolute Gasteiger partial charge is 0.0616 e. The van der Waals surface area contributed by atoms with Crippen LogP contribution in [0.2, 0.25) is 0 Å². The highest BCUT2D eigenvalue weighted by molar-refractivity contribution is 6.26. The van der Waals surface area contributed by atoms with Crippen molar-refractivity contribution in [3.8, 4) is 55.6 Å². The summed E-state index contributed by atoms with van der Waals surface area (Å²) in [5, 5.41) is 18.3. The van der Waals surface area contributed by atoms with Crippen molar-refractivity contribution in [2.75, 3.05) is 0 Å². The van der Waals surface area contributed by atoms with Crippen LogP contribution in [0.1, 0.15) is 0 Å². The Labute approximate surface area is 347 Å². The predicted octanol–water partition coefficient (Wildman–Crippen LogP) is 17.0. The Bertz CT molecular complexity index is 3760. The van der Waals surface area contributed by atoms with E-state index in [0.29, 0.717) is 0 Å². The molecule has 0 spiro atoms. The number of hydrogen-bond acceptors (Lipinski definition) is 0. The highest BCUT2D eigenvalue weighted by atomic mass is 14.2. The average molecular weight is 757 g/mol. The van der Waals surface area contributed by atoms with E-state index in [9.17, 15) is 0 Å². The third-order valence-corrected chi connectivity index (χ3v) is 13.2. The zero-order chi connectivity index (χ0) is 39.3. The maximum Gasteiger partial charge on any atom is -0.00206 e. The minimum atomic E-state index is 1.20. The number of hydrogen-bond donors (Lipinski definition) is 0. The summed E-state index contributed by atoms with van der Waals surface area (Å²) in [6.07, 6.45) is 0. The van der Waals surface area contributed by atoms with E-state index in [-0.39, 0.29) is 0 Å². The zero-order valence-electron chi connectivity index (χ0n) is 32.8. The molecule has 13 aromatic rings. The molecule has 0 heterocycles. The first-order valence-corrected chi connectivity index (χ1v) is 20.9. The van der Waals surface area contributed by atoms with Crippen LogP contribution in [-0.2, 0) is 0 Å². The molecule has 0 aliphatic heterocycles. The van der Waals surface area contributed by atoms with E-state index in [2.05, 4.69) is 218 Å². The molecule has 0 unspecified atom stereocenters. The first kappa shape index (κ1) is 33.2. The molecular formula is C60H36. The van der Waals surface area contributed by atoms with E-state index in [1.165, 1.54) is 131 Å². The number of benzene rings is 13. The Morgan fingerprint density at radius 1 is 0.167 bits per heavy atom. The molecule has 0 heteroatoms. The van der Waals surface area contributed by atoms with Crippen LogP contribution in [0.15, 0.2) is 218 Å². The van der Waals surface area contributed by atoms with Gasteiger partial charge in [0, 0.05) is 0 Å². The summed E-state index contributed by atoms with van der Waals surface area (Å²) in [6, 6.07) is 81.4. The van der Waals surface area contributed by atoms with E-state index in [0.717, 1.165) is 0 Å². The fraction of sp³-hybridized carbons (Fsp3) is 0. The minimum Gasteiger partial charge on any atom is -0.0616 e. The second kappa shape index (κ2) is 12.9. The molecule has 0 atom stereocenters. The van der Waals surface area contributed by atoms with Crippen molar-refractivity contribution < 1.29 is 0 Å². The smallest absolute Gasteiger partial charge is 0.00206 e. The van der Waals surface area contributed by atoms with Gasteiger partial charge in [0.05, 0.1) is 0 Å². The maximum absolute atomic E-state index is 2.40. The molecule has 60 heavy (non-hydrogen) atoms. The topological polar surface area (TPSA) is 0 Å². The van der Waals surface area contributed by atoms with Crippen LogP contribution >= 0.6 is 0 Å². The molecular weight excluding hydrogens is 721 g/mol. The monoisotopic (exact) mass is 756 g/mol. The molecule has 0 saturated heterocycles. The van der Waals surface area contributed by atoms with Gasteiger partial charge in [-0.1, -0.05) is 212 Å². The van der Waals surface area contributed by atoms with Crippen molar-refractivity contribution in [2.24, 2.45) is 0 Å². The van der Waals surface area contributed by atoms with E-state index in [1.54, 1.807) is 0 Å². The standard InChI is InChI=1S/C60H36/c1-2-12-49-38(6-1)7-5-13-53(49)56-36-48(37-14-16-39(17-15-37)50-31-26-46-24-22-42-8-3-10-44-28-34-54(50)59(46)57(42)44)30-33-52(56)41-20-18-40(19-21-41)51-32-27-47-25-23-43-9-4-11-45-29-35-55(51)60(47)58(43)45/h1-36H.